The van der Waals surface area contributed by atoms with Crippen molar-refractivity contribution in [1.29, 1.82) is 0 Å². The van der Waals surface area contributed by atoms with E-state index in [4.69, 9.17) is 18.9 Å². The van der Waals surface area contributed by atoms with Crippen LogP contribution in [0.1, 0.15) is 22.7 Å². The molecule has 0 bridgehead atoms. The van der Waals surface area contributed by atoms with Gasteiger partial charge in [0, 0.05) is 23.2 Å². The number of ether oxygens (including phenoxy) is 4. The summed E-state index contributed by atoms with van der Waals surface area (Å²) < 4.78 is 22.8. The van der Waals surface area contributed by atoms with Gasteiger partial charge in [0.1, 0.15) is 5.75 Å². The molecule has 5 nitrogen and oxygen atoms in total. The maximum atomic E-state index is 6.35. The fourth-order valence-corrected chi connectivity index (χ4v) is 3.40. The zero-order chi connectivity index (χ0) is 18.8. The van der Waals surface area contributed by atoms with Crippen molar-refractivity contribution in [1.82, 2.24) is 4.90 Å². The molecule has 1 atom stereocenters. The van der Waals surface area contributed by atoms with E-state index in [0.717, 1.165) is 34.6 Å². The van der Waals surface area contributed by atoms with Gasteiger partial charge in [0.2, 0.25) is 0 Å². The summed E-state index contributed by atoms with van der Waals surface area (Å²) in [4.78, 5) is 2.18. The van der Waals surface area contributed by atoms with Crippen molar-refractivity contribution in [3.05, 3.63) is 47.5 Å². The lowest BCUT2D eigenvalue weighted by Crippen LogP contribution is -2.22. The Bertz CT molecular complexity index is 829. The maximum Gasteiger partial charge on any atom is 0.174 e. The molecule has 0 fully saturated rings. The third kappa shape index (κ3) is 2.99. The number of hydrogen-bond acceptors (Lipinski definition) is 5. The number of methoxy groups -OCH3 is 3. The highest BCUT2D eigenvalue weighted by Crippen LogP contribution is 2.49. The topological polar surface area (TPSA) is 40.2 Å². The molecule has 5 heteroatoms. The number of hydrogen-bond donors (Lipinski definition) is 0. The lowest BCUT2D eigenvalue weighted by molar-refractivity contribution is 0.294. The SMILES string of the molecule is C=Cc1ccc(OC)c2c1C(N(C)C)Cc1cc(OC)c(OC)cc1O2. The molecule has 138 valence electrons. The third-order valence-electron chi connectivity index (χ3n) is 4.78. The molecule has 1 heterocycles. The quantitative estimate of drug-likeness (QED) is 0.799. The molecule has 26 heavy (non-hydrogen) atoms. The fourth-order valence-electron chi connectivity index (χ4n) is 3.40. The van der Waals surface area contributed by atoms with Crippen LogP contribution in [-0.2, 0) is 6.42 Å². The first-order valence-corrected chi connectivity index (χ1v) is 8.46. The maximum absolute atomic E-state index is 6.35. The van der Waals surface area contributed by atoms with Gasteiger partial charge < -0.3 is 23.8 Å². The Kier molecular flexibility index (Phi) is 5.09. The predicted molar refractivity (Wildman–Crippen MR) is 103 cm³/mol. The minimum atomic E-state index is 0.104. The summed E-state index contributed by atoms with van der Waals surface area (Å²) in [6.45, 7) is 3.97. The lowest BCUT2D eigenvalue weighted by Gasteiger charge is -2.26. The van der Waals surface area contributed by atoms with E-state index in [1.165, 1.54) is 0 Å². The van der Waals surface area contributed by atoms with E-state index in [1.54, 1.807) is 21.3 Å². The Labute approximate surface area is 154 Å². The van der Waals surface area contributed by atoms with Crippen LogP contribution in [0.15, 0.2) is 30.8 Å². The van der Waals surface area contributed by atoms with E-state index in [9.17, 15) is 0 Å². The van der Waals surface area contributed by atoms with Crippen LogP contribution in [0, 0.1) is 0 Å². The number of benzene rings is 2. The van der Waals surface area contributed by atoms with Crippen LogP contribution in [-0.4, -0.2) is 40.3 Å². The van der Waals surface area contributed by atoms with Gasteiger partial charge in [0.05, 0.1) is 21.3 Å². The van der Waals surface area contributed by atoms with Crippen LogP contribution in [0.5, 0.6) is 28.7 Å². The average molecular weight is 355 g/mol. The summed E-state index contributed by atoms with van der Waals surface area (Å²) in [6.07, 6.45) is 2.62. The Morgan fingerprint density at radius 3 is 2.27 bits per heavy atom. The summed E-state index contributed by atoms with van der Waals surface area (Å²) in [5.41, 5.74) is 3.15. The Morgan fingerprint density at radius 2 is 1.69 bits per heavy atom. The van der Waals surface area contributed by atoms with Crippen LogP contribution in [0.3, 0.4) is 0 Å². The number of likely N-dealkylation sites (N-methyl/N-ethyl adjacent to an activating group) is 1. The van der Waals surface area contributed by atoms with Crippen LogP contribution >= 0.6 is 0 Å². The van der Waals surface area contributed by atoms with E-state index < -0.39 is 0 Å². The van der Waals surface area contributed by atoms with Gasteiger partial charge in [-0.1, -0.05) is 18.7 Å². The third-order valence-corrected chi connectivity index (χ3v) is 4.78. The summed E-state index contributed by atoms with van der Waals surface area (Å²) >= 11 is 0. The van der Waals surface area contributed by atoms with Gasteiger partial charge in [-0.15, -0.1) is 0 Å². The lowest BCUT2D eigenvalue weighted by atomic mass is 9.93. The Hall–Kier alpha value is -2.66. The van der Waals surface area contributed by atoms with E-state index in [0.29, 0.717) is 17.2 Å². The summed E-state index contributed by atoms with van der Waals surface area (Å²) in [7, 11) is 9.03. The normalized spacial score (nSPS) is 15.4. The summed E-state index contributed by atoms with van der Waals surface area (Å²) in [5, 5.41) is 0. The smallest absolute Gasteiger partial charge is 0.174 e. The van der Waals surface area contributed by atoms with E-state index in [-0.39, 0.29) is 6.04 Å². The first kappa shape index (κ1) is 18.1. The van der Waals surface area contributed by atoms with Crippen molar-refractivity contribution >= 4 is 6.08 Å². The molecule has 1 aliphatic heterocycles. The van der Waals surface area contributed by atoms with Gasteiger partial charge in [-0.05, 0) is 38.2 Å². The molecule has 0 spiro atoms. The minimum absolute atomic E-state index is 0.104. The van der Waals surface area contributed by atoms with Crippen LogP contribution in [0.25, 0.3) is 6.08 Å². The molecular formula is C21H25NO4. The molecule has 0 radical (unpaired) electrons. The molecule has 2 aromatic carbocycles. The zero-order valence-corrected chi connectivity index (χ0v) is 16.0. The average Bonchev–Trinajstić information content (AvgIpc) is 2.82. The van der Waals surface area contributed by atoms with Crippen LogP contribution in [0.2, 0.25) is 0 Å². The predicted octanol–water partition coefficient (Wildman–Crippen LogP) is 4.31. The second kappa shape index (κ2) is 7.30. The molecule has 0 aromatic heterocycles. The van der Waals surface area contributed by atoms with Gasteiger partial charge in [-0.3, -0.25) is 0 Å². The first-order chi connectivity index (χ1) is 12.5. The Morgan fingerprint density at radius 1 is 1.04 bits per heavy atom. The van der Waals surface area contributed by atoms with Crippen LogP contribution < -0.4 is 18.9 Å². The summed E-state index contributed by atoms with van der Waals surface area (Å²) in [5.74, 6) is 3.48. The zero-order valence-electron chi connectivity index (χ0n) is 16.0. The number of rotatable bonds is 5. The number of fused-ring (bicyclic) bond motifs is 2. The van der Waals surface area contributed by atoms with Crippen molar-refractivity contribution < 1.29 is 18.9 Å². The molecule has 0 saturated carbocycles. The molecular weight excluding hydrogens is 330 g/mol. The van der Waals surface area contributed by atoms with Crippen LogP contribution in [0.4, 0.5) is 0 Å². The summed E-state index contributed by atoms with van der Waals surface area (Å²) in [6, 6.07) is 7.88. The van der Waals surface area contributed by atoms with E-state index in [1.807, 2.05) is 30.3 Å². The highest BCUT2D eigenvalue weighted by atomic mass is 16.5. The second-order valence-corrected chi connectivity index (χ2v) is 6.40. The second-order valence-electron chi connectivity index (χ2n) is 6.40. The van der Waals surface area contributed by atoms with Crippen molar-refractivity contribution in [2.75, 3.05) is 35.4 Å². The van der Waals surface area contributed by atoms with Crippen molar-refractivity contribution in [2.24, 2.45) is 0 Å². The van der Waals surface area contributed by atoms with Gasteiger partial charge in [0.15, 0.2) is 23.0 Å². The molecule has 0 N–H and O–H groups in total. The molecule has 0 saturated heterocycles. The molecule has 1 unspecified atom stereocenters. The van der Waals surface area contributed by atoms with Gasteiger partial charge in [-0.2, -0.15) is 0 Å². The molecule has 1 aliphatic rings. The Balaban J connectivity index is 2.27. The van der Waals surface area contributed by atoms with Crippen molar-refractivity contribution in [3.8, 4) is 28.7 Å². The first-order valence-electron chi connectivity index (χ1n) is 8.46. The van der Waals surface area contributed by atoms with E-state index in [2.05, 4.69) is 25.6 Å². The fraction of sp³-hybridized carbons (Fsp3) is 0.333. The van der Waals surface area contributed by atoms with Gasteiger partial charge in [0.25, 0.3) is 0 Å². The number of nitrogens with zero attached hydrogens (tertiary/aromatic N) is 1. The van der Waals surface area contributed by atoms with Crippen molar-refractivity contribution in [3.63, 3.8) is 0 Å². The monoisotopic (exact) mass is 355 g/mol. The molecule has 0 aliphatic carbocycles. The van der Waals surface area contributed by atoms with Gasteiger partial charge in [-0.25, -0.2) is 0 Å². The minimum Gasteiger partial charge on any atom is -0.493 e. The molecule has 3 rings (SSSR count). The molecule has 0 amide bonds. The van der Waals surface area contributed by atoms with Crippen molar-refractivity contribution in [2.45, 2.75) is 12.5 Å². The highest BCUT2D eigenvalue weighted by Gasteiger charge is 2.30. The molecule has 2 aromatic rings. The standard InChI is InChI=1S/C21H25NO4/c1-7-13-8-9-16(23-4)21-20(13)15(22(2)3)10-14-11-18(24-5)19(25-6)12-17(14)26-21/h7-9,11-12,15H,1,10H2,2-6H3. The largest absolute Gasteiger partial charge is 0.493 e. The van der Waals surface area contributed by atoms with E-state index >= 15 is 0 Å². The highest BCUT2D eigenvalue weighted by molar-refractivity contribution is 5.65. The van der Waals surface area contributed by atoms with Gasteiger partial charge >= 0.3 is 0 Å².